The van der Waals surface area contributed by atoms with E-state index in [1.54, 1.807) is 16.9 Å². The van der Waals surface area contributed by atoms with E-state index >= 15 is 0 Å². The lowest BCUT2D eigenvalue weighted by Crippen LogP contribution is -2.09. The normalized spacial score (nSPS) is 10.4. The third-order valence-corrected chi connectivity index (χ3v) is 2.98. The minimum absolute atomic E-state index is 0.329. The molecule has 0 aliphatic rings. The van der Waals surface area contributed by atoms with E-state index in [1.807, 2.05) is 18.3 Å². The molecule has 0 amide bonds. The molecule has 0 spiro atoms. The molecule has 0 aliphatic heterocycles. The van der Waals surface area contributed by atoms with Crippen LogP contribution in [-0.4, -0.2) is 14.8 Å². The van der Waals surface area contributed by atoms with E-state index in [4.69, 9.17) is 29.6 Å². The average Bonchev–Trinajstić information content (AvgIpc) is 2.64. The highest BCUT2D eigenvalue weighted by atomic mass is 79.9. The van der Waals surface area contributed by atoms with Crippen LogP contribution in [0.4, 0.5) is 0 Å². The first kappa shape index (κ1) is 11.6. The minimum Gasteiger partial charge on any atom is -0.389 e. The highest BCUT2D eigenvalue weighted by Gasteiger charge is 2.06. The zero-order chi connectivity index (χ0) is 11.7. The van der Waals surface area contributed by atoms with E-state index in [0.717, 1.165) is 15.7 Å². The van der Waals surface area contributed by atoms with Gasteiger partial charge in [-0.05, 0) is 34.1 Å². The molecule has 0 aliphatic carbocycles. The highest BCUT2D eigenvalue weighted by molar-refractivity contribution is 9.10. The molecule has 82 valence electrons. The molecule has 1 aromatic carbocycles. The summed E-state index contributed by atoms with van der Waals surface area (Å²) in [5.74, 6) is 0. The molecule has 2 aromatic rings. The van der Waals surface area contributed by atoms with Crippen LogP contribution in [0.3, 0.4) is 0 Å². The molecule has 2 N–H and O–H groups in total. The molecular formula is C10H7BrClN3S. The van der Waals surface area contributed by atoms with Crippen LogP contribution >= 0.6 is 39.7 Å². The van der Waals surface area contributed by atoms with Crippen molar-refractivity contribution in [1.29, 1.82) is 0 Å². The van der Waals surface area contributed by atoms with Gasteiger partial charge in [-0.15, -0.1) is 0 Å². The summed E-state index contributed by atoms with van der Waals surface area (Å²) < 4.78 is 2.57. The monoisotopic (exact) mass is 315 g/mol. The predicted octanol–water partition coefficient (Wildman–Crippen LogP) is 2.92. The number of rotatable bonds is 2. The van der Waals surface area contributed by atoms with Gasteiger partial charge < -0.3 is 5.73 Å². The molecule has 0 radical (unpaired) electrons. The van der Waals surface area contributed by atoms with Crippen molar-refractivity contribution in [3.8, 4) is 5.69 Å². The van der Waals surface area contributed by atoms with Crippen molar-refractivity contribution in [3.05, 3.63) is 45.7 Å². The van der Waals surface area contributed by atoms with Crippen molar-refractivity contribution in [1.82, 2.24) is 9.78 Å². The average molecular weight is 317 g/mol. The van der Waals surface area contributed by atoms with Crippen LogP contribution in [0.2, 0.25) is 5.02 Å². The van der Waals surface area contributed by atoms with Crippen molar-refractivity contribution in [3.63, 3.8) is 0 Å². The lowest BCUT2D eigenvalue weighted by Gasteiger charge is -2.06. The number of halogens is 2. The number of nitrogens with zero attached hydrogens (tertiary/aromatic N) is 2. The topological polar surface area (TPSA) is 43.8 Å². The quantitative estimate of drug-likeness (QED) is 0.866. The zero-order valence-corrected chi connectivity index (χ0v) is 11.2. The van der Waals surface area contributed by atoms with Crippen LogP contribution in [0.15, 0.2) is 35.1 Å². The van der Waals surface area contributed by atoms with Crippen LogP contribution in [-0.2, 0) is 0 Å². The van der Waals surface area contributed by atoms with Crippen molar-refractivity contribution in [2.75, 3.05) is 0 Å². The summed E-state index contributed by atoms with van der Waals surface area (Å²) >= 11 is 14.3. The summed E-state index contributed by atoms with van der Waals surface area (Å²) in [6.45, 7) is 0. The Hall–Kier alpha value is -0.910. The maximum Gasteiger partial charge on any atom is 0.104 e. The summed E-state index contributed by atoms with van der Waals surface area (Å²) in [5.41, 5.74) is 7.05. The second-order valence-corrected chi connectivity index (χ2v) is 4.90. The molecule has 0 unspecified atom stereocenters. The molecule has 0 fully saturated rings. The molecule has 0 bridgehead atoms. The molecule has 0 atom stereocenters. The van der Waals surface area contributed by atoms with Gasteiger partial charge in [0.1, 0.15) is 4.99 Å². The molecule has 3 nitrogen and oxygen atoms in total. The Morgan fingerprint density at radius 2 is 2.25 bits per heavy atom. The number of nitrogens with two attached hydrogens (primary N) is 1. The van der Waals surface area contributed by atoms with Gasteiger partial charge in [0.2, 0.25) is 0 Å². The predicted molar refractivity (Wildman–Crippen MR) is 72.2 cm³/mol. The number of hydrogen-bond donors (Lipinski definition) is 1. The van der Waals surface area contributed by atoms with Crippen LogP contribution in [0, 0.1) is 0 Å². The summed E-state index contributed by atoms with van der Waals surface area (Å²) in [5, 5.41) is 4.70. The van der Waals surface area contributed by atoms with Crippen molar-refractivity contribution >= 4 is 44.7 Å². The first-order chi connectivity index (χ1) is 7.58. The molecule has 1 heterocycles. The second kappa shape index (κ2) is 4.53. The molecule has 0 saturated carbocycles. The van der Waals surface area contributed by atoms with Gasteiger partial charge in [0.05, 0.1) is 21.4 Å². The van der Waals surface area contributed by atoms with Crippen molar-refractivity contribution in [2.45, 2.75) is 0 Å². The van der Waals surface area contributed by atoms with Crippen LogP contribution in [0.25, 0.3) is 5.69 Å². The van der Waals surface area contributed by atoms with Crippen LogP contribution < -0.4 is 5.73 Å². The third kappa shape index (κ3) is 2.26. The Labute approximate surface area is 111 Å². The Balaban J connectivity index is 2.47. The van der Waals surface area contributed by atoms with E-state index in [9.17, 15) is 0 Å². The largest absolute Gasteiger partial charge is 0.389 e. The third-order valence-electron chi connectivity index (χ3n) is 2.03. The number of aromatic nitrogens is 2. The first-order valence-corrected chi connectivity index (χ1v) is 5.96. The maximum atomic E-state index is 6.13. The highest BCUT2D eigenvalue weighted by Crippen LogP contribution is 2.22. The van der Waals surface area contributed by atoms with Gasteiger partial charge in [-0.3, -0.25) is 0 Å². The van der Waals surface area contributed by atoms with Crippen molar-refractivity contribution in [2.24, 2.45) is 5.73 Å². The Kier molecular flexibility index (Phi) is 3.28. The molecule has 6 heteroatoms. The van der Waals surface area contributed by atoms with Gasteiger partial charge in [-0.25, -0.2) is 4.68 Å². The molecule has 1 aromatic heterocycles. The van der Waals surface area contributed by atoms with Gasteiger partial charge in [-0.2, -0.15) is 5.10 Å². The number of hydrogen-bond acceptors (Lipinski definition) is 2. The molecular weight excluding hydrogens is 310 g/mol. The van der Waals surface area contributed by atoms with E-state index in [1.165, 1.54) is 0 Å². The SMILES string of the molecule is NC(=S)c1ccc(-n2cc(Br)cn2)c(Cl)c1. The number of thiocarbonyl (C=S) groups is 1. The van der Waals surface area contributed by atoms with Crippen molar-refractivity contribution < 1.29 is 0 Å². The fourth-order valence-electron chi connectivity index (χ4n) is 1.28. The zero-order valence-electron chi connectivity index (χ0n) is 8.02. The molecule has 16 heavy (non-hydrogen) atoms. The van der Waals surface area contributed by atoms with Crippen LogP contribution in [0.1, 0.15) is 5.56 Å². The van der Waals surface area contributed by atoms with Gasteiger partial charge in [0.25, 0.3) is 0 Å². The lowest BCUT2D eigenvalue weighted by molar-refractivity contribution is 0.880. The summed E-state index contributed by atoms with van der Waals surface area (Å²) in [6, 6.07) is 5.38. The molecule has 0 saturated heterocycles. The van der Waals surface area contributed by atoms with E-state index in [0.29, 0.717) is 10.0 Å². The Morgan fingerprint density at radius 3 is 2.75 bits per heavy atom. The Bertz CT molecular complexity index is 553. The molecule has 2 rings (SSSR count). The number of benzene rings is 1. The summed E-state index contributed by atoms with van der Waals surface area (Å²) in [4.78, 5) is 0.329. The summed E-state index contributed by atoms with van der Waals surface area (Å²) in [6.07, 6.45) is 3.51. The smallest absolute Gasteiger partial charge is 0.104 e. The van der Waals surface area contributed by atoms with E-state index in [2.05, 4.69) is 21.0 Å². The van der Waals surface area contributed by atoms with Gasteiger partial charge >= 0.3 is 0 Å². The minimum atomic E-state index is 0.329. The van der Waals surface area contributed by atoms with Gasteiger partial charge in [0, 0.05) is 11.8 Å². The lowest BCUT2D eigenvalue weighted by atomic mass is 10.2. The van der Waals surface area contributed by atoms with E-state index < -0.39 is 0 Å². The standard InChI is InChI=1S/C10H7BrClN3S/c11-7-4-14-15(5-7)9-2-1-6(10(13)16)3-8(9)12/h1-5H,(H2,13,16). The summed E-state index contributed by atoms with van der Waals surface area (Å²) in [7, 11) is 0. The first-order valence-electron chi connectivity index (χ1n) is 4.38. The van der Waals surface area contributed by atoms with Gasteiger partial charge in [0.15, 0.2) is 0 Å². The van der Waals surface area contributed by atoms with Crippen LogP contribution in [0.5, 0.6) is 0 Å². The fraction of sp³-hybridized carbons (Fsp3) is 0. The maximum absolute atomic E-state index is 6.13. The fourth-order valence-corrected chi connectivity index (χ4v) is 1.96. The Morgan fingerprint density at radius 1 is 1.50 bits per heavy atom. The van der Waals surface area contributed by atoms with Gasteiger partial charge in [-0.1, -0.05) is 23.8 Å². The van der Waals surface area contributed by atoms with E-state index in [-0.39, 0.29) is 0 Å². The second-order valence-electron chi connectivity index (χ2n) is 3.13.